The van der Waals surface area contributed by atoms with Gasteiger partial charge in [-0.25, -0.2) is 0 Å². The Kier molecular flexibility index (Phi) is 7.58. The van der Waals surface area contributed by atoms with Crippen LogP contribution in [0.2, 0.25) is 0 Å². The van der Waals surface area contributed by atoms with Gasteiger partial charge in [0.05, 0.1) is 6.10 Å². The summed E-state index contributed by atoms with van der Waals surface area (Å²) < 4.78 is 0. The van der Waals surface area contributed by atoms with E-state index in [1.54, 1.807) is 0 Å². The average molecular weight is 224 g/mol. The summed E-state index contributed by atoms with van der Waals surface area (Å²) in [5.41, 5.74) is 0. The Balaban J connectivity index is 2.35. The van der Waals surface area contributed by atoms with Gasteiger partial charge in [-0.2, -0.15) is 0 Å². The Morgan fingerprint density at radius 1 is 1.06 bits per heavy atom. The third kappa shape index (κ3) is 7.05. The van der Waals surface area contributed by atoms with Crippen molar-refractivity contribution in [2.45, 2.75) is 77.2 Å². The van der Waals surface area contributed by atoms with Crippen molar-refractivity contribution in [3.63, 3.8) is 0 Å². The molecule has 0 heterocycles. The fraction of sp³-hybridized carbons (Fsp3) is 0.867. The van der Waals surface area contributed by atoms with E-state index in [0.29, 0.717) is 5.92 Å². The fourth-order valence-electron chi connectivity index (χ4n) is 2.57. The second kappa shape index (κ2) is 8.81. The van der Waals surface area contributed by atoms with Crippen LogP contribution in [0.3, 0.4) is 0 Å². The second-order valence-corrected chi connectivity index (χ2v) is 5.33. The van der Waals surface area contributed by atoms with Crippen LogP contribution in [0, 0.1) is 5.92 Å². The summed E-state index contributed by atoms with van der Waals surface area (Å²) in [5, 5.41) is 9.46. The molecule has 0 aliphatic heterocycles. The van der Waals surface area contributed by atoms with Crippen molar-refractivity contribution >= 4 is 0 Å². The highest BCUT2D eigenvalue weighted by molar-refractivity contribution is 4.89. The number of aliphatic hydroxyl groups is 1. The number of rotatable bonds is 2. The van der Waals surface area contributed by atoms with E-state index in [-0.39, 0.29) is 6.10 Å². The maximum atomic E-state index is 9.46. The molecule has 1 nitrogen and oxygen atoms in total. The Hall–Kier alpha value is -0.300. The Morgan fingerprint density at radius 2 is 1.69 bits per heavy atom. The van der Waals surface area contributed by atoms with Gasteiger partial charge in [-0.05, 0) is 38.5 Å². The molecule has 2 atom stereocenters. The molecule has 0 bridgehead atoms. The standard InChI is InChI=1S/C15H28O/c1-14(16)13-15-11-9-7-5-3-2-4-6-8-10-12-15/h9,11,14-16H,2-8,10,12-13H2,1H3/b11-9-. The highest BCUT2D eigenvalue weighted by atomic mass is 16.3. The van der Waals surface area contributed by atoms with Gasteiger partial charge in [0.15, 0.2) is 0 Å². The molecule has 0 aromatic carbocycles. The Bertz CT molecular complexity index is 184. The molecule has 0 aromatic heterocycles. The SMILES string of the molecule is CC(O)CC1/C=C\CCCCCCCCC1. The smallest absolute Gasteiger partial charge is 0.0517 e. The first-order chi connectivity index (χ1) is 7.79. The van der Waals surface area contributed by atoms with Crippen molar-refractivity contribution in [1.29, 1.82) is 0 Å². The lowest BCUT2D eigenvalue weighted by Crippen LogP contribution is -2.08. The van der Waals surface area contributed by atoms with Crippen LogP contribution in [0.25, 0.3) is 0 Å². The van der Waals surface area contributed by atoms with Gasteiger partial charge in [0.2, 0.25) is 0 Å². The first-order valence-corrected chi connectivity index (χ1v) is 7.14. The third-order valence-corrected chi connectivity index (χ3v) is 3.50. The molecule has 1 aliphatic rings. The molecule has 1 rings (SSSR count). The van der Waals surface area contributed by atoms with E-state index < -0.39 is 0 Å². The molecule has 0 amide bonds. The highest BCUT2D eigenvalue weighted by Crippen LogP contribution is 2.20. The lowest BCUT2D eigenvalue weighted by Gasteiger charge is -2.15. The topological polar surface area (TPSA) is 20.2 Å². The zero-order chi connectivity index (χ0) is 11.6. The second-order valence-electron chi connectivity index (χ2n) is 5.33. The molecule has 0 aromatic rings. The van der Waals surface area contributed by atoms with Crippen molar-refractivity contribution in [2.75, 3.05) is 0 Å². The summed E-state index contributed by atoms with van der Waals surface area (Å²) >= 11 is 0. The minimum atomic E-state index is -0.150. The van der Waals surface area contributed by atoms with Crippen LogP contribution in [0.4, 0.5) is 0 Å². The van der Waals surface area contributed by atoms with Gasteiger partial charge in [0.25, 0.3) is 0 Å². The van der Waals surface area contributed by atoms with E-state index in [0.717, 1.165) is 6.42 Å². The molecule has 0 saturated heterocycles. The zero-order valence-corrected chi connectivity index (χ0v) is 10.8. The molecule has 1 N–H and O–H groups in total. The monoisotopic (exact) mass is 224 g/mol. The van der Waals surface area contributed by atoms with Crippen molar-refractivity contribution in [2.24, 2.45) is 5.92 Å². The van der Waals surface area contributed by atoms with E-state index in [1.807, 2.05) is 6.92 Å². The highest BCUT2D eigenvalue weighted by Gasteiger charge is 2.08. The van der Waals surface area contributed by atoms with E-state index >= 15 is 0 Å². The predicted octanol–water partition coefficient (Wildman–Crippen LogP) is 4.45. The lowest BCUT2D eigenvalue weighted by atomic mass is 9.93. The van der Waals surface area contributed by atoms with Gasteiger partial charge in [-0.1, -0.05) is 50.7 Å². The lowest BCUT2D eigenvalue weighted by molar-refractivity contribution is 0.166. The van der Waals surface area contributed by atoms with Gasteiger partial charge in [0.1, 0.15) is 0 Å². The molecule has 0 radical (unpaired) electrons. The van der Waals surface area contributed by atoms with Gasteiger partial charge >= 0.3 is 0 Å². The molecule has 0 spiro atoms. The summed E-state index contributed by atoms with van der Waals surface area (Å²) in [6.07, 6.45) is 17.7. The van der Waals surface area contributed by atoms with Crippen molar-refractivity contribution in [1.82, 2.24) is 0 Å². The minimum Gasteiger partial charge on any atom is -0.393 e. The molecular weight excluding hydrogens is 196 g/mol. The van der Waals surface area contributed by atoms with Crippen LogP contribution in [-0.4, -0.2) is 11.2 Å². The normalized spacial score (nSPS) is 28.8. The van der Waals surface area contributed by atoms with Crippen LogP contribution in [-0.2, 0) is 0 Å². The van der Waals surface area contributed by atoms with Crippen molar-refractivity contribution < 1.29 is 5.11 Å². The molecular formula is C15H28O. The zero-order valence-electron chi connectivity index (χ0n) is 10.8. The summed E-state index contributed by atoms with van der Waals surface area (Å²) in [6, 6.07) is 0. The molecule has 94 valence electrons. The van der Waals surface area contributed by atoms with E-state index in [1.165, 1.54) is 57.8 Å². The first kappa shape index (κ1) is 13.8. The van der Waals surface area contributed by atoms with Gasteiger partial charge in [-0.3, -0.25) is 0 Å². The largest absolute Gasteiger partial charge is 0.393 e. The van der Waals surface area contributed by atoms with Crippen molar-refractivity contribution in [3.8, 4) is 0 Å². The molecule has 0 fully saturated rings. The van der Waals surface area contributed by atoms with Gasteiger partial charge in [0, 0.05) is 0 Å². The number of allylic oxidation sites excluding steroid dienone is 2. The van der Waals surface area contributed by atoms with E-state index in [4.69, 9.17) is 0 Å². The number of hydrogen-bond acceptors (Lipinski definition) is 1. The van der Waals surface area contributed by atoms with Crippen LogP contribution >= 0.6 is 0 Å². The first-order valence-electron chi connectivity index (χ1n) is 7.14. The Morgan fingerprint density at radius 3 is 2.38 bits per heavy atom. The Labute approximate surface area is 101 Å². The van der Waals surface area contributed by atoms with Crippen LogP contribution in [0.15, 0.2) is 12.2 Å². The third-order valence-electron chi connectivity index (χ3n) is 3.50. The van der Waals surface area contributed by atoms with Gasteiger partial charge < -0.3 is 5.11 Å². The van der Waals surface area contributed by atoms with Crippen LogP contribution in [0.5, 0.6) is 0 Å². The predicted molar refractivity (Wildman–Crippen MR) is 70.5 cm³/mol. The summed E-state index contributed by atoms with van der Waals surface area (Å²) in [4.78, 5) is 0. The van der Waals surface area contributed by atoms with Gasteiger partial charge in [-0.15, -0.1) is 0 Å². The average Bonchev–Trinajstić information content (AvgIpc) is 2.21. The maximum absolute atomic E-state index is 9.46. The van der Waals surface area contributed by atoms with E-state index in [9.17, 15) is 5.11 Å². The van der Waals surface area contributed by atoms with Crippen LogP contribution in [0.1, 0.15) is 71.1 Å². The summed E-state index contributed by atoms with van der Waals surface area (Å²) in [5.74, 6) is 0.611. The number of hydrogen-bond donors (Lipinski definition) is 1. The molecule has 1 aliphatic carbocycles. The van der Waals surface area contributed by atoms with E-state index in [2.05, 4.69) is 12.2 Å². The van der Waals surface area contributed by atoms with Crippen LogP contribution < -0.4 is 0 Å². The molecule has 2 unspecified atom stereocenters. The minimum absolute atomic E-state index is 0.150. The number of aliphatic hydroxyl groups excluding tert-OH is 1. The summed E-state index contributed by atoms with van der Waals surface area (Å²) in [7, 11) is 0. The maximum Gasteiger partial charge on any atom is 0.0517 e. The quantitative estimate of drug-likeness (QED) is 0.687. The molecule has 0 saturated carbocycles. The van der Waals surface area contributed by atoms with Crippen molar-refractivity contribution in [3.05, 3.63) is 12.2 Å². The summed E-state index contributed by atoms with van der Waals surface area (Å²) in [6.45, 7) is 1.91. The molecule has 16 heavy (non-hydrogen) atoms. The fourth-order valence-corrected chi connectivity index (χ4v) is 2.57. The molecule has 1 heteroatoms.